The quantitative estimate of drug-likeness (QED) is 0.0422. The highest BCUT2D eigenvalue weighted by Gasteiger charge is 2.63. The Morgan fingerprint density at radius 3 is 2.25 bits per heavy atom. The van der Waals surface area contributed by atoms with Crippen LogP contribution < -0.4 is 10.3 Å². The van der Waals surface area contributed by atoms with E-state index in [1.54, 1.807) is 60.8 Å². The molecule has 1 saturated carbocycles. The van der Waals surface area contributed by atoms with Gasteiger partial charge in [-0.2, -0.15) is 15.6 Å². The Labute approximate surface area is 394 Å². The van der Waals surface area contributed by atoms with Crippen molar-refractivity contribution in [2.75, 3.05) is 18.9 Å². The van der Waals surface area contributed by atoms with E-state index < -0.39 is 37.3 Å². The second-order valence-electron chi connectivity index (χ2n) is 18.0. The minimum atomic E-state index is -4.53. The summed E-state index contributed by atoms with van der Waals surface area (Å²) in [6.07, 6.45) is 19.0. The molecule has 1 unspecified atom stereocenters. The number of nitrogens with two attached hydrogens (primary N) is 1. The molecular weight excluding hydrogens is 886 g/mol. The highest BCUT2D eigenvalue weighted by molar-refractivity contribution is 7.49. The molecule has 2 fully saturated rings. The lowest BCUT2D eigenvalue weighted by Crippen LogP contribution is -2.38. The molecule has 2 N–H and O–H groups in total. The van der Waals surface area contributed by atoms with Crippen LogP contribution in [0.1, 0.15) is 153 Å². The number of fused-ring (bicyclic) bond motifs is 2. The van der Waals surface area contributed by atoms with Crippen molar-refractivity contribution in [3.05, 3.63) is 87.8 Å². The molecule has 65 heavy (non-hydrogen) atoms. The maximum absolute atomic E-state index is 15.0. The number of unbranched alkanes of at least 4 members (excludes halogenated alkanes) is 14. The van der Waals surface area contributed by atoms with Crippen LogP contribution in [0.25, 0.3) is 5.52 Å². The summed E-state index contributed by atoms with van der Waals surface area (Å²) in [4.78, 5) is 4.12. The third-order valence-corrected chi connectivity index (χ3v) is 14.3. The fraction of sp³-hybridized carbons (Fsp3) is 0.592. The Balaban J connectivity index is 1.12. The molecule has 6 rings (SSSR count). The fourth-order valence-corrected chi connectivity index (χ4v) is 10.8. The summed E-state index contributed by atoms with van der Waals surface area (Å²) in [7, 11) is -4.53. The first-order valence-electron chi connectivity index (χ1n) is 23.4. The molecule has 0 radical (unpaired) electrons. The van der Waals surface area contributed by atoms with E-state index in [1.165, 1.54) is 83.4 Å². The van der Waals surface area contributed by atoms with Gasteiger partial charge in [0.05, 0.1) is 54.8 Å². The zero-order valence-electron chi connectivity index (χ0n) is 38.1. The molecular formula is C49H65Cl2N6O7P. The maximum Gasteiger partial charge on any atom is 0.530 e. The normalized spacial score (nSPS) is 21.4. The number of halogens is 2. The van der Waals surface area contributed by atoms with Gasteiger partial charge in [0.2, 0.25) is 0 Å². The van der Waals surface area contributed by atoms with Crippen molar-refractivity contribution in [1.29, 1.82) is 10.5 Å². The molecule has 0 bridgehead atoms. The molecule has 13 nitrogen and oxygen atoms in total. The van der Waals surface area contributed by atoms with Gasteiger partial charge in [-0.3, -0.25) is 9.05 Å². The van der Waals surface area contributed by atoms with E-state index >= 15 is 0 Å². The summed E-state index contributed by atoms with van der Waals surface area (Å²) < 4.78 is 54.4. The minimum Gasteiger partial charge on any atom is -0.402 e. The molecule has 4 aromatic rings. The van der Waals surface area contributed by atoms with Gasteiger partial charge >= 0.3 is 7.82 Å². The Bertz CT molecular complexity index is 2280. The Hall–Kier alpha value is -3.75. The van der Waals surface area contributed by atoms with Gasteiger partial charge in [0, 0.05) is 16.6 Å². The molecule has 3 heterocycles. The number of anilines is 1. The molecule has 0 amide bonds. The van der Waals surface area contributed by atoms with Crippen LogP contribution in [0.2, 0.25) is 10.0 Å². The number of ether oxygens (including phenoxy) is 3. The summed E-state index contributed by atoms with van der Waals surface area (Å²) in [5, 5.41) is 25.6. The molecule has 0 spiro atoms. The fourth-order valence-electron chi connectivity index (χ4n) is 9.01. The summed E-state index contributed by atoms with van der Waals surface area (Å²) in [6, 6.07) is 20.0. The van der Waals surface area contributed by atoms with Gasteiger partial charge in [-0.25, -0.2) is 14.1 Å². The highest BCUT2D eigenvalue weighted by Crippen LogP contribution is 2.58. The smallest absolute Gasteiger partial charge is 0.402 e. The molecule has 2 aromatic carbocycles. The van der Waals surface area contributed by atoms with E-state index in [4.69, 9.17) is 56.7 Å². The first-order chi connectivity index (χ1) is 31.4. The second kappa shape index (κ2) is 24.3. The van der Waals surface area contributed by atoms with Crippen molar-refractivity contribution in [3.63, 3.8) is 0 Å². The molecule has 1 aliphatic carbocycles. The van der Waals surface area contributed by atoms with E-state index in [2.05, 4.69) is 29.1 Å². The highest BCUT2D eigenvalue weighted by atomic mass is 35.5. The Morgan fingerprint density at radius 1 is 0.908 bits per heavy atom. The van der Waals surface area contributed by atoms with Gasteiger partial charge in [-0.15, -0.1) is 0 Å². The molecule has 2 aromatic heterocycles. The average molecular weight is 952 g/mol. The van der Waals surface area contributed by atoms with Crippen LogP contribution in [0, 0.1) is 28.1 Å². The van der Waals surface area contributed by atoms with Crippen LogP contribution in [-0.2, 0) is 34.4 Å². The van der Waals surface area contributed by atoms with E-state index in [0.717, 1.165) is 30.5 Å². The number of nitrogen functional groups attached to an aromatic ring is 1. The third kappa shape index (κ3) is 14.1. The topological polar surface area (TPSA) is 176 Å². The van der Waals surface area contributed by atoms with Crippen molar-refractivity contribution >= 4 is 42.4 Å². The van der Waals surface area contributed by atoms with Crippen molar-refractivity contribution in [1.82, 2.24) is 14.6 Å². The van der Waals surface area contributed by atoms with Crippen molar-refractivity contribution < 1.29 is 32.3 Å². The molecule has 1 saturated heterocycles. The lowest BCUT2D eigenvalue weighted by molar-refractivity contribution is -0.164. The van der Waals surface area contributed by atoms with E-state index in [-0.39, 0.29) is 42.9 Å². The number of phosphoric acid groups is 1. The van der Waals surface area contributed by atoms with Crippen LogP contribution >= 0.6 is 31.0 Å². The first kappa shape index (κ1) is 50.7. The molecule has 1 aliphatic heterocycles. The number of para-hydroxylation sites is 1. The van der Waals surface area contributed by atoms with Crippen molar-refractivity contribution in [3.8, 4) is 17.9 Å². The predicted octanol–water partition coefficient (Wildman–Crippen LogP) is 13.1. The van der Waals surface area contributed by atoms with E-state index in [1.807, 2.05) is 12.1 Å². The number of rotatable bonds is 28. The Kier molecular flexibility index (Phi) is 19.0. The van der Waals surface area contributed by atoms with E-state index in [9.17, 15) is 15.1 Å². The SMILES string of the molecule is CCCCCCCCCCCCCCCCC[C@H](COP(=O)(OC[C@@]1(C#N)C[C@@H](c2ccc3c(N)ncnn23)[C@@H]2OC(C)(C)O[C@@H]21)Oc1ccccc1Cl)OCc1cc(Cl)cc(C#N)c1. The number of nitrogens with zero attached hydrogens (tertiary/aromatic N) is 5. The van der Waals surface area contributed by atoms with Gasteiger partial charge in [0.15, 0.2) is 11.6 Å². The number of aromatic nitrogens is 3. The Morgan fingerprint density at radius 2 is 1.58 bits per heavy atom. The lowest BCUT2D eigenvalue weighted by atomic mass is 9.85. The van der Waals surface area contributed by atoms with Gasteiger partial charge in [-0.1, -0.05) is 139 Å². The number of nitriles is 2. The minimum absolute atomic E-state index is 0.0898. The number of hydrogen-bond donors (Lipinski definition) is 1. The average Bonchev–Trinajstić information content (AvgIpc) is 3.95. The zero-order valence-corrected chi connectivity index (χ0v) is 40.5. The monoisotopic (exact) mass is 950 g/mol. The van der Waals surface area contributed by atoms with Crippen molar-refractivity contribution in [2.45, 2.75) is 167 Å². The summed E-state index contributed by atoms with van der Waals surface area (Å²) in [5.41, 5.74) is 7.33. The molecule has 6 atom stereocenters. The van der Waals surface area contributed by atoms with Crippen LogP contribution in [0.3, 0.4) is 0 Å². The van der Waals surface area contributed by atoms with Gasteiger partial charge in [0.1, 0.15) is 29.1 Å². The van der Waals surface area contributed by atoms with Gasteiger partial charge in [0.25, 0.3) is 0 Å². The predicted molar refractivity (Wildman–Crippen MR) is 253 cm³/mol. The van der Waals surface area contributed by atoms with Gasteiger partial charge < -0.3 is 24.5 Å². The molecule has 16 heteroatoms. The van der Waals surface area contributed by atoms with Crippen LogP contribution in [0.4, 0.5) is 5.82 Å². The molecule has 2 aliphatic rings. The maximum atomic E-state index is 15.0. The second-order valence-corrected chi connectivity index (χ2v) is 20.4. The van der Waals surface area contributed by atoms with E-state index in [0.29, 0.717) is 28.3 Å². The number of benzene rings is 2. The third-order valence-electron chi connectivity index (χ3n) is 12.4. The summed E-state index contributed by atoms with van der Waals surface area (Å²) in [6.45, 7) is 5.43. The largest absolute Gasteiger partial charge is 0.530 e. The van der Waals surface area contributed by atoms with Gasteiger partial charge in [-0.05, 0) is 74.7 Å². The summed E-state index contributed by atoms with van der Waals surface area (Å²) >= 11 is 12.9. The van der Waals surface area contributed by atoms with Crippen LogP contribution in [-0.4, -0.2) is 51.9 Å². The number of phosphoric ester groups is 1. The van der Waals surface area contributed by atoms with Crippen molar-refractivity contribution in [2.24, 2.45) is 5.41 Å². The zero-order chi connectivity index (χ0) is 46.3. The molecule has 352 valence electrons. The van der Waals surface area contributed by atoms with Crippen LogP contribution in [0.5, 0.6) is 5.75 Å². The summed E-state index contributed by atoms with van der Waals surface area (Å²) in [5.74, 6) is -1.00. The first-order valence-corrected chi connectivity index (χ1v) is 25.6. The standard InChI is InChI=1S/C49H65Cl2N6O7P/c1-4-5-6-7-8-9-10-11-12-13-14-15-16-17-18-21-39(59-31-37-26-36(30-52)27-38(50)28-37)32-60-65(58,64-44-23-20-19-22-41(44)51)61-34-49(33-53)29-40(45-46(49)63-48(2,3)62-45)42-24-25-43-47(54)55-35-56-57(42)43/h19-20,22-28,35,39-40,45-46H,4-18,21,29,31-32,34H2,1-3H3,(H2,54,55,56)/t39-,40+,45+,46+,49+,65?/m1/s1. The lowest BCUT2D eigenvalue weighted by Gasteiger charge is -2.30. The van der Waals surface area contributed by atoms with Crippen LogP contribution in [0.15, 0.2) is 60.9 Å². The number of hydrogen-bond acceptors (Lipinski definition) is 12.